The Hall–Kier alpha value is -5.16. The molecule has 0 radical (unpaired) electrons. The van der Waals surface area contributed by atoms with E-state index in [4.69, 9.17) is 9.97 Å². The monoisotopic (exact) mass is 760 g/mol. The van der Waals surface area contributed by atoms with Gasteiger partial charge in [0, 0.05) is 62.3 Å². The maximum Gasteiger partial charge on any atom is 0.247 e. The standard InChI is InChI=1S/C53H57BN4/c1-50(2,3)36-18-22-37(23-19-36)58-45-27-40(57(38-20-16-32-12-14-34(32)24-38)39-21-17-33-13-15-35(33)25-39)26-41-49(45)54(44-29-48(52(7,8)9)56-31-46(44)58)43-28-47(51(4,5)6)55-30-42(43)53(41,10)11/h16-31H,12-15H2,1-11H3. The summed E-state index contributed by atoms with van der Waals surface area (Å²) in [5.41, 5.74) is 22.9. The first-order valence-corrected chi connectivity index (χ1v) is 21.5. The van der Waals surface area contributed by atoms with E-state index in [2.05, 4.69) is 183 Å². The number of fused-ring (bicyclic) bond motifs is 6. The molecule has 292 valence electrons. The van der Waals surface area contributed by atoms with Crippen LogP contribution in [-0.2, 0) is 47.3 Å². The molecular weight excluding hydrogens is 703 g/mol. The van der Waals surface area contributed by atoms with Crippen LogP contribution in [-0.4, -0.2) is 16.7 Å². The van der Waals surface area contributed by atoms with Gasteiger partial charge in [-0.05, 0) is 142 Å². The number of benzene rings is 4. The first kappa shape index (κ1) is 37.1. The average Bonchev–Trinajstić information content (AvgIpc) is 3.13. The van der Waals surface area contributed by atoms with E-state index in [9.17, 15) is 0 Å². The molecule has 10 rings (SSSR count). The third-order valence-electron chi connectivity index (χ3n) is 13.7. The van der Waals surface area contributed by atoms with E-state index in [1.807, 2.05) is 0 Å². The van der Waals surface area contributed by atoms with Crippen LogP contribution >= 0.6 is 0 Å². The predicted octanol–water partition coefficient (Wildman–Crippen LogP) is 11.0. The lowest BCUT2D eigenvalue weighted by Gasteiger charge is -2.46. The number of anilines is 6. The highest BCUT2D eigenvalue weighted by Crippen LogP contribution is 2.48. The van der Waals surface area contributed by atoms with Gasteiger partial charge in [0.05, 0.1) is 11.9 Å². The first-order chi connectivity index (χ1) is 27.4. The van der Waals surface area contributed by atoms with Gasteiger partial charge in [-0.3, -0.25) is 9.97 Å². The summed E-state index contributed by atoms with van der Waals surface area (Å²) in [7, 11) is 0. The summed E-state index contributed by atoms with van der Waals surface area (Å²) in [4.78, 5) is 15.5. The van der Waals surface area contributed by atoms with E-state index >= 15 is 0 Å². The number of pyridine rings is 2. The molecule has 4 aliphatic rings. The summed E-state index contributed by atoms with van der Waals surface area (Å²) >= 11 is 0. The second kappa shape index (κ2) is 12.4. The van der Waals surface area contributed by atoms with Crippen molar-refractivity contribution in [1.82, 2.24) is 9.97 Å². The van der Waals surface area contributed by atoms with Gasteiger partial charge >= 0.3 is 0 Å². The molecule has 4 heterocycles. The molecule has 2 aliphatic heterocycles. The van der Waals surface area contributed by atoms with Gasteiger partial charge in [-0.25, -0.2) is 0 Å². The predicted molar refractivity (Wildman–Crippen MR) is 246 cm³/mol. The molecule has 0 saturated carbocycles. The molecule has 4 aromatic carbocycles. The molecule has 6 aromatic rings. The Kier molecular flexibility index (Phi) is 7.96. The molecule has 2 aliphatic carbocycles. The second-order valence-electron chi connectivity index (χ2n) is 21.1. The maximum absolute atomic E-state index is 5.26. The third kappa shape index (κ3) is 5.70. The average molecular weight is 761 g/mol. The third-order valence-corrected chi connectivity index (χ3v) is 13.7. The van der Waals surface area contributed by atoms with E-state index in [0.717, 1.165) is 35.6 Å². The van der Waals surface area contributed by atoms with Gasteiger partial charge in [0.25, 0.3) is 0 Å². The Morgan fingerprint density at radius 2 is 1.09 bits per heavy atom. The smallest absolute Gasteiger partial charge is 0.247 e. The number of hydrogen-bond donors (Lipinski definition) is 0. The topological polar surface area (TPSA) is 32.3 Å². The molecule has 2 aromatic heterocycles. The van der Waals surface area contributed by atoms with Crippen LogP contribution in [0.25, 0.3) is 0 Å². The second-order valence-corrected chi connectivity index (χ2v) is 21.1. The van der Waals surface area contributed by atoms with E-state index in [1.54, 1.807) is 0 Å². The maximum atomic E-state index is 5.26. The molecule has 0 amide bonds. The van der Waals surface area contributed by atoms with E-state index < -0.39 is 0 Å². The number of nitrogens with zero attached hydrogens (tertiary/aromatic N) is 4. The van der Waals surface area contributed by atoms with Gasteiger partial charge in [-0.15, -0.1) is 0 Å². The Bertz CT molecular complexity index is 2610. The Labute approximate surface area is 346 Å². The van der Waals surface area contributed by atoms with Crippen LogP contribution in [0, 0.1) is 0 Å². The lowest BCUT2D eigenvalue weighted by molar-refractivity contribution is 0.565. The first-order valence-electron chi connectivity index (χ1n) is 21.5. The highest BCUT2D eigenvalue weighted by Gasteiger charge is 2.48. The summed E-state index contributed by atoms with van der Waals surface area (Å²) < 4.78 is 0. The van der Waals surface area contributed by atoms with Crippen molar-refractivity contribution in [3.05, 3.63) is 148 Å². The number of aryl methyl sites for hydroxylation is 4. The van der Waals surface area contributed by atoms with E-state index in [-0.39, 0.29) is 28.4 Å². The van der Waals surface area contributed by atoms with Crippen molar-refractivity contribution in [2.75, 3.05) is 9.80 Å². The van der Waals surface area contributed by atoms with Gasteiger partial charge in [0.1, 0.15) is 0 Å². The molecule has 0 unspecified atom stereocenters. The van der Waals surface area contributed by atoms with Gasteiger partial charge in [0.15, 0.2) is 0 Å². The minimum absolute atomic E-state index is 0.0248. The van der Waals surface area contributed by atoms with Crippen molar-refractivity contribution in [2.24, 2.45) is 0 Å². The summed E-state index contributed by atoms with van der Waals surface area (Å²) in [6.45, 7) is 25.4. The SMILES string of the molecule is CC(C)(C)c1ccc(N2c3cnc(C(C)(C)C)cc3B3c4cc(C(C)(C)C)ncc4C(C)(C)c4cc(N(c5ccc6c(c5)CC6)c5ccc6c(c5)CC6)cc2c43)cc1. The van der Waals surface area contributed by atoms with Crippen molar-refractivity contribution in [2.45, 2.75) is 124 Å². The van der Waals surface area contributed by atoms with Crippen molar-refractivity contribution in [1.29, 1.82) is 0 Å². The van der Waals surface area contributed by atoms with Gasteiger partial charge in [-0.2, -0.15) is 0 Å². The Morgan fingerprint density at radius 3 is 1.60 bits per heavy atom. The lowest BCUT2D eigenvalue weighted by atomic mass is 9.30. The lowest BCUT2D eigenvalue weighted by Crippen LogP contribution is -2.64. The van der Waals surface area contributed by atoms with Gasteiger partial charge < -0.3 is 9.80 Å². The van der Waals surface area contributed by atoms with Crippen LogP contribution in [0.2, 0.25) is 0 Å². The van der Waals surface area contributed by atoms with Crippen LogP contribution in [0.15, 0.2) is 97.3 Å². The van der Waals surface area contributed by atoms with Crippen LogP contribution in [0.4, 0.5) is 34.1 Å². The van der Waals surface area contributed by atoms with Gasteiger partial charge in [-0.1, -0.05) is 106 Å². The van der Waals surface area contributed by atoms with Crippen LogP contribution in [0.5, 0.6) is 0 Å². The van der Waals surface area contributed by atoms with Crippen molar-refractivity contribution < 1.29 is 0 Å². The molecular formula is C53H57BN4. The van der Waals surface area contributed by atoms with E-state index in [1.165, 1.54) is 90.9 Å². The molecule has 58 heavy (non-hydrogen) atoms. The summed E-state index contributed by atoms with van der Waals surface area (Å²) in [5.74, 6) is 0. The molecule has 0 spiro atoms. The fraction of sp³-hybridized carbons (Fsp3) is 0.358. The fourth-order valence-electron chi connectivity index (χ4n) is 9.92. The minimum Gasteiger partial charge on any atom is -0.310 e. The fourth-order valence-corrected chi connectivity index (χ4v) is 9.92. The highest BCUT2D eigenvalue weighted by molar-refractivity contribution is 6.99. The number of aromatic nitrogens is 2. The quantitative estimate of drug-likeness (QED) is 0.167. The zero-order chi connectivity index (χ0) is 40.7. The largest absolute Gasteiger partial charge is 0.310 e. The highest BCUT2D eigenvalue weighted by atomic mass is 15.2. The van der Waals surface area contributed by atoms with Crippen molar-refractivity contribution in [3.63, 3.8) is 0 Å². The molecule has 4 nitrogen and oxygen atoms in total. The molecule has 0 fully saturated rings. The van der Waals surface area contributed by atoms with E-state index in [0.29, 0.717) is 0 Å². The zero-order valence-electron chi connectivity index (χ0n) is 36.4. The molecule has 5 heteroatoms. The van der Waals surface area contributed by atoms with Crippen LogP contribution in [0.3, 0.4) is 0 Å². The van der Waals surface area contributed by atoms with Crippen molar-refractivity contribution in [3.8, 4) is 0 Å². The number of rotatable bonds is 4. The summed E-state index contributed by atoms with van der Waals surface area (Å²) in [6.07, 6.45) is 9.00. The van der Waals surface area contributed by atoms with Crippen LogP contribution in [0.1, 0.15) is 126 Å². The minimum atomic E-state index is -0.318. The summed E-state index contributed by atoms with van der Waals surface area (Å²) in [6, 6.07) is 33.5. The molecule has 0 bridgehead atoms. The Morgan fingerprint density at radius 1 is 0.534 bits per heavy atom. The molecule has 0 atom stereocenters. The summed E-state index contributed by atoms with van der Waals surface area (Å²) in [5, 5.41) is 0. The normalized spacial score (nSPS) is 16.0. The number of hydrogen-bond acceptors (Lipinski definition) is 4. The molecule has 0 saturated heterocycles. The Balaban J connectivity index is 1.30. The van der Waals surface area contributed by atoms with Crippen LogP contribution < -0.4 is 26.2 Å². The molecule has 0 N–H and O–H groups in total. The van der Waals surface area contributed by atoms with Gasteiger partial charge in [0.2, 0.25) is 6.71 Å². The zero-order valence-corrected chi connectivity index (χ0v) is 36.4. The van der Waals surface area contributed by atoms with Crippen molar-refractivity contribution >= 4 is 57.2 Å².